The van der Waals surface area contributed by atoms with Gasteiger partial charge in [0.1, 0.15) is 22.4 Å². The predicted octanol–water partition coefficient (Wildman–Crippen LogP) is 0.934. The molecule has 0 unspecified atom stereocenters. The van der Waals surface area contributed by atoms with Gasteiger partial charge in [0.2, 0.25) is 10.0 Å². The summed E-state index contributed by atoms with van der Waals surface area (Å²) >= 11 is 0. The van der Waals surface area contributed by atoms with E-state index in [9.17, 15) is 8.42 Å². The second-order valence-electron chi connectivity index (χ2n) is 6.98. The van der Waals surface area contributed by atoms with Crippen LogP contribution in [0.1, 0.15) is 11.6 Å². The van der Waals surface area contributed by atoms with E-state index in [4.69, 9.17) is 9.47 Å². The van der Waals surface area contributed by atoms with Gasteiger partial charge in [-0.15, -0.1) is 0 Å². The zero-order valence-corrected chi connectivity index (χ0v) is 18.1. The highest BCUT2D eigenvalue weighted by Crippen LogP contribution is 2.28. The van der Waals surface area contributed by atoms with E-state index in [1.807, 2.05) is 57.4 Å². The first kappa shape index (κ1) is 22.0. The average Bonchev–Trinajstić information content (AvgIpc) is 2.67. The number of likely N-dealkylation sites (N-methyl/N-ethyl adjacent to an activating group) is 1. The minimum absolute atomic E-state index is 0.0322. The van der Waals surface area contributed by atoms with Gasteiger partial charge in [0.05, 0.1) is 34.9 Å². The molecular formula is C20H30N3O4S+. The number of anilines is 1. The van der Waals surface area contributed by atoms with Crippen molar-refractivity contribution >= 4 is 15.7 Å². The lowest BCUT2D eigenvalue weighted by Crippen LogP contribution is -3.07. The maximum Gasteiger partial charge on any atom is 0.244 e. The van der Waals surface area contributed by atoms with E-state index in [1.165, 1.54) is 20.3 Å². The van der Waals surface area contributed by atoms with Gasteiger partial charge in [-0.2, -0.15) is 0 Å². The number of quaternary nitrogens is 1. The van der Waals surface area contributed by atoms with Crippen molar-refractivity contribution in [2.75, 3.05) is 53.9 Å². The zero-order chi connectivity index (χ0) is 20.9. The highest BCUT2D eigenvalue weighted by Gasteiger charge is 2.25. The van der Waals surface area contributed by atoms with E-state index in [0.29, 0.717) is 5.75 Å². The second-order valence-corrected chi connectivity index (χ2v) is 8.72. The Bertz CT molecular complexity index is 881. The number of rotatable bonds is 9. The standard InChI is InChI=1S/C20H29N3O4S/c1-22(2)16-9-7-15(8-10-16)18(23(3)4)14-21-28(24,25)20-12-11-17(26-5)13-19(20)27-6/h7-13,18,21H,14H2,1-6H3/p+1/t18-/m0/s1. The number of nitrogens with one attached hydrogen (secondary N) is 2. The second kappa shape index (κ2) is 9.27. The maximum absolute atomic E-state index is 12.9. The van der Waals surface area contributed by atoms with Crippen LogP contribution in [0.2, 0.25) is 0 Å². The molecule has 0 heterocycles. The zero-order valence-electron chi connectivity index (χ0n) is 17.3. The summed E-state index contributed by atoms with van der Waals surface area (Å²) in [7, 11) is 7.21. The Morgan fingerprint density at radius 1 is 1.04 bits per heavy atom. The van der Waals surface area contributed by atoms with E-state index in [-0.39, 0.29) is 23.2 Å². The fourth-order valence-corrected chi connectivity index (χ4v) is 4.12. The highest BCUT2D eigenvalue weighted by atomic mass is 32.2. The number of benzene rings is 2. The molecule has 0 bridgehead atoms. The summed E-state index contributed by atoms with van der Waals surface area (Å²) in [6, 6.07) is 12.8. The number of methoxy groups -OCH3 is 2. The Kier molecular flexibility index (Phi) is 7.29. The lowest BCUT2D eigenvalue weighted by molar-refractivity contribution is -0.890. The van der Waals surface area contributed by atoms with Gasteiger partial charge in [0.15, 0.2) is 0 Å². The summed E-state index contributed by atoms with van der Waals surface area (Å²) in [5, 5.41) is 0. The molecule has 2 aromatic carbocycles. The largest absolute Gasteiger partial charge is 0.497 e. The molecule has 0 saturated heterocycles. The smallest absolute Gasteiger partial charge is 0.244 e. The maximum atomic E-state index is 12.9. The monoisotopic (exact) mass is 408 g/mol. The fraction of sp³-hybridized carbons (Fsp3) is 0.400. The molecule has 0 aromatic heterocycles. The quantitative estimate of drug-likeness (QED) is 0.646. The molecular weight excluding hydrogens is 378 g/mol. The summed E-state index contributed by atoms with van der Waals surface area (Å²) in [5.74, 6) is 0.781. The first-order valence-electron chi connectivity index (χ1n) is 8.98. The summed E-state index contributed by atoms with van der Waals surface area (Å²) in [4.78, 5) is 3.24. The number of hydrogen-bond donors (Lipinski definition) is 2. The molecule has 0 spiro atoms. The summed E-state index contributed by atoms with van der Waals surface area (Å²) < 4.78 is 38.8. The molecule has 0 aliphatic carbocycles. The van der Waals surface area contributed by atoms with Crippen LogP contribution >= 0.6 is 0 Å². The Balaban J connectivity index is 2.23. The SMILES string of the molecule is COc1ccc(S(=O)(=O)NC[C@@H](c2ccc(N(C)C)cc2)[NH+](C)C)c(OC)c1. The molecule has 0 radical (unpaired) electrons. The number of ether oxygens (including phenoxy) is 2. The van der Waals surface area contributed by atoms with E-state index in [0.717, 1.165) is 16.2 Å². The van der Waals surface area contributed by atoms with Crippen LogP contribution in [0.15, 0.2) is 47.4 Å². The van der Waals surface area contributed by atoms with E-state index in [1.54, 1.807) is 12.1 Å². The summed E-state index contributed by atoms with van der Waals surface area (Å²) in [6.07, 6.45) is 0. The van der Waals surface area contributed by atoms with Gasteiger partial charge in [-0.05, 0) is 24.3 Å². The number of hydrogen-bond acceptors (Lipinski definition) is 5. The molecule has 0 aliphatic heterocycles. The molecule has 0 saturated carbocycles. The van der Waals surface area contributed by atoms with E-state index in [2.05, 4.69) is 4.72 Å². The third-order valence-corrected chi connectivity index (χ3v) is 6.11. The van der Waals surface area contributed by atoms with Crippen molar-refractivity contribution in [2.45, 2.75) is 10.9 Å². The van der Waals surface area contributed by atoms with Crippen LogP contribution in [0.3, 0.4) is 0 Å². The first-order valence-corrected chi connectivity index (χ1v) is 10.5. The molecule has 2 aromatic rings. The Hall–Kier alpha value is -2.29. The van der Waals surface area contributed by atoms with Crippen molar-refractivity contribution in [3.8, 4) is 11.5 Å². The molecule has 0 aliphatic rings. The normalized spacial score (nSPS) is 12.7. The van der Waals surface area contributed by atoms with Gasteiger partial charge >= 0.3 is 0 Å². The predicted molar refractivity (Wildman–Crippen MR) is 111 cm³/mol. The molecule has 0 amide bonds. The van der Waals surface area contributed by atoms with Crippen LogP contribution in [0.5, 0.6) is 11.5 Å². The molecule has 7 nitrogen and oxygen atoms in total. The Morgan fingerprint density at radius 3 is 2.18 bits per heavy atom. The average molecular weight is 409 g/mol. The van der Waals surface area contributed by atoms with Gasteiger partial charge in [-0.25, -0.2) is 13.1 Å². The van der Waals surface area contributed by atoms with Gasteiger partial charge in [0.25, 0.3) is 0 Å². The molecule has 2 N–H and O–H groups in total. The lowest BCUT2D eigenvalue weighted by Gasteiger charge is -2.23. The van der Waals surface area contributed by atoms with Gasteiger partial charge < -0.3 is 19.3 Å². The van der Waals surface area contributed by atoms with Crippen LogP contribution < -0.4 is 24.0 Å². The Morgan fingerprint density at radius 2 is 1.68 bits per heavy atom. The molecule has 1 atom stereocenters. The third-order valence-electron chi connectivity index (χ3n) is 4.65. The van der Waals surface area contributed by atoms with Crippen LogP contribution in [0, 0.1) is 0 Å². The van der Waals surface area contributed by atoms with Gasteiger partial charge in [-0.3, -0.25) is 0 Å². The molecule has 28 heavy (non-hydrogen) atoms. The van der Waals surface area contributed by atoms with Crippen molar-refractivity contribution in [3.63, 3.8) is 0 Å². The fourth-order valence-electron chi connectivity index (χ4n) is 2.93. The van der Waals surface area contributed by atoms with Crippen LogP contribution in [0.4, 0.5) is 5.69 Å². The minimum Gasteiger partial charge on any atom is -0.497 e. The van der Waals surface area contributed by atoms with E-state index >= 15 is 0 Å². The van der Waals surface area contributed by atoms with Gasteiger partial charge in [0, 0.05) is 31.4 Å². The number of sulfonamides is 1. The number of nitrogens with zero attached hydrogens (tertiary/aromatic N) is 1. The Labute approximate surface area is 167 Å². The molecule has 8 heteroatoms. The lowest BCUT2D eigenvalue weighted by atomic mass is 10.1. The minimum atomic E-state index is -3.74. The summed E-state index contributed by atoms with van der Waals surface area (Å²) in [6.45, 7) is 0.265. The van der Waals surface area contributed by atoms with Crippen molar-refractivity contribution in [2.24, 2.45) is 0 Å². The molecule has 0 fully saturated rings. The van der Waals surface area contributed by atoms with Crippen molar-refractivity contribution in [1.82, 2.24) is 4.72 Å². The molecule has 154 valence electrons. The topological polar surface area (TPSA) is 72.3 Å². The van der Waals surface area contributed by atoms with Crippen LogP contribution in [-0.4, -0.2) is 57.4 Å². The third kappa shape index (κ3) is 5.15. The highest BCUT2D eigenvalue weighted by molar-refractivity contribution is 7.89. The van der Waals surface area contributed by atoms with Crippen LogP contribution in [-0.2, 0) is 10.0 Å². The van der Waals surface area contributed by atoms with Crippen molar-refractivity contribution < 1.29 is 22.8 Å². The first-order chi connectivity index (χ1) is 13.2. The van der Waals surface area contributed by atoms with E-state index < -0.39 is 10.0 Å². The van der Waals surface area contributed by atoms with Crippen molar-refractivity contribution in [1.29, 1.82) is 0 Å². The summed E-state index contributed by atoms with van der Waals surface area (Å²) in [5.41, 5.74) is 2.16. The van der Waals surface area contributed by atoms with Crippen molar-refractivity contribution in [3.05, 3.63) is 48.0 Å². The van der Waals surface area contributed by atoms with Gasteiger partial charge in [-0.1, -0.05) is 12.1 Å². The molecule has 2 rings (SSSR count). The van der Waals surface area contributed by atoms with Crippen LogP contribution in [0.25, 0.3) is 0 Å².